The Morgan fingerprint density at radius 1 is 1.67 bits per heavy atom. The molecule has 0 radical (unpaired) electrons. The van der Waals surface area contributed by atoms with Crippen LogP contribution in [0.3, 0.4) is 0 Å². The molecule has 0 aromatic carbocycles. The zero-order valence-corrected chi connectivity index (χ0v) is 9.13. The molecule has 84 valence electrons. The van der Waals surface area contributed by atoms with Crippen LogP contribution in [0.2, 0.25) is 5.28 Å². The average Bonchev–Trinajstić information content (AvgIpc) is 2.20. The molecular formula is C9H13ClFN3O. The molecule has 0 spiro atoms. The first-order valence-electron chi connectivity index (χ1n) is 4.66. The summed E-state index contributed by atoms with van der Waals surface area (Å²) in [5, 5.41) is 11.5. The largest absolute Gasteiger partial charge is 0.396 e. The molecule has 1 aromatic rings. The molecule has 0 aliphatic heterocycles. The van der Waals surface area contributed by atoms with Crippen molar-refractivity contribution in [3.63, 3.8) is 0 Å². The van der Waals surface area contributed by atoms with Crippen LogP contribution in [0.1, 0.15) is 13.3 Å². The normalized spacial score (nSPS) is 12.5. The minimum atomic E-state index is -0.532. The summed E-state index contributed by atoms with van der Waals surface area (Å²) in [5.41, 5.74) is 0. The molecule has 1 atom stereocenters. The van der Waals surface area contributed by atoms with Gasteiger partial charge in [0.25, 0.3) is 0 Å². The summed E-state index contributed by atoms with van der Waals surface area (Å²) in [7, 11) is 0. The van der Waals surface area contributed by atoms with E-state index in [9.17, 15) is 4.39 Å². The third kappa shape index (κ3) is 3.97. The second kappa shape index (κ2) is 5.82. The molecule has 0 fully saturated rings. The van der Waals surface area contributed by atoms with Crippen molar-refractivity contribution in [3.05, 3.63) is 17.3 Å². The lowest BCUT2D eigenvalue weighted by Crippen LogP contribution is -2.14. The van der Waals surface area contributed by atoms with Crippen LogP contribution in [-0.4, -0.2) is 28.2 Å². The Balaban J connectivity index is 2.53. The second-order valence-corrected chi connectivity index (χ2v) is 3.67. The number of nitrogens with zero attached hydrogens (tertiary/aromatic N) is 2. The predicted octanol–water partition coefficient (Wildman–Crippen LogP) is 1.70. The third-order valence-corrected chi connectivity index (χ3v) is 2.14. The van der Waals surface area contributed by atoms with Gasteiger partial charge in [0, 0.05) is 13.2 Å². The van der Waals surface area contributed by atoms with E-state index in [-0.39, 0.29) is 23.6 Å². The molecule has 4 nitrogen and oxygen atoms in total. The molecule has 0 amide bonds. The first-order valence-corrected chi connectivity index (χ1v) is 5.04. The van der Waals surface area contributed by atoms with E-state index in [1.165, 1.54) is 0 Å². The van der Waals surface area contributed by atoms with Gasteiger partial charge in [-0.25, -0.2) is 9.37 Å². The molecule has 0 aliphatic rings. The van der Waals surface area contributed by atoms with Crippen molar-refractivity contribution >= 4 is 17.4 Å². The molecular weight excluding hydrogens is 221 g/mol. The molecule has 0 bridgehead atoms. The number of hydrogen-bond donors (Lipinski definition) is 2. The molecule has 1 rings (SSSR count). The highest BCUT2D eigenvalue weighted by Crippen LogP contribution is 2.12. The highest BCUT2D eigenvalue weighted by atomic mass is 35.5. The number of nitrogens with one attached hydrogen (secondary N) is 1. The standard InChI is InChI=1S/C9H13ClFN3O/c1-6(2-3-15)4-12-8-7(11)5-13-9(10)14-8/h5-6,15H,2-4H2,1H3,(H,12,13,14). The summed E-state index contributed by atoms with van der Waals surface area (Å²) in [6.07, 6.45) is 1.68. The van der Waals surface area contributed by atoms with Crippen LogP contribution in [-0.2, 0) is 0 Å². The number of halogens is 2. The third-order valence-electron chi connectivity index (χ3n) is 1.95. The van der Waals surface area contributed by atoms with Crippen molar-refractivity contribution in [1.82, 2.24) is 9.97 Å². The van der Waals surface area contributed by atoms with Gasteiger partial charge in [0.2, 0.25) is 5.28 Å². The van der Waals surface area contributed by atoms with Gasteiger partial charge in [0.05, 0.1) is 6.20 Å². The summed E-state index contributed by atoms with van der Waals surface area (Å²) >= 11 is 5.52. The molecule has 0 saturated heterocycles. The van der Waals surface area contributed by atoms with Crippen LogP contribution in [0.4, 0.5) is 10.2 Å². The summed E-state index contributed by atoms with van der Waals surface area (Å²) in [5.74, 6) is -0.196. The van der Waals surface area contributed by atoms with E-state index in [0.717, 1.165) is 6.20 Å². The Kier molecular flexibility index (Phi) is 4.71. The van der Waals surface area contributed by atoms with Gasteiger partial charge >= 0.3 is 0 Å². The number of anilines is 1. The summed E-state index contributed by atoms with van der Waals surface area (Å²) in [4.78, 5) is 7.21. The SMILES string of the molecule is CC(CCO)CNc1nc(Cl)ncc1F. The fourth-order valence-electron chi connectivity index (χ4n) is 1.06. The lowest BCUT2D eigenvalue weighted by atomic mass is 10.1. The van der Waals surface area contributed by atoms with Gasteiger partial charge in [-0.2, -0.15) is 4.98 Å². The van der Waals surface area contributed by atoms with Crippen LogP contribution in [0, 0.1) is 11.7 Å². The van der Waals surface area contributed by atoms with E-state index >= 15 is 0 Å². The van der Waals surface area contributed by atoms with E-state index in [4.69, 9.17) is 16.7 Å². The summed E-state index contributed by atoms with van der Waals surface area (Å²) < 4.78 is 13.1. The van der Waals surface area contributed by atoms with Gasteiger partial charge < -0.3 is 10.4 Å². The van der Waals surface area contributed by atoms with Crippen molar-refractivity contribution in [2.75, 3.05) is 18.5 Å². The summed E-state index contributed by atoms with van der Waals surface area (Å²) in [6, 6.07) is 0. The van der Waals surface area contributed by atoms with Gasteiger partial charge in [-0.1, -0.05) is 6.92 Å². The minimum Gasteiger partial charge on any atom is -0.396 e. The first-order chi connectivity index (χ1) is 7.13. The smallest absolute Gasteiger partial charge is 0.224 e. The van der Waals surface area contributed by atoms with Gasteiger partial charge in [-0.05, 0) is 23.9 Å². The lowest BCUT2D eigenvalue weighted by Gasteiger charge is -2.11. The van der Waals surface area contributed by atoms with Crippen LogP contribution in [0.5, 0.6) is 0 Å². The van der Waals surface area contributed by atoms with E-state index in [1.807, 2.05) is 6.92 Å². The first kappa shape index (κ1) is 12.1. The monoisotopic (exact) mass is 233 g/mol. The van der Waals surface area contributed by atoms with E-state index in [0.29, 0.717) is 13.0 Å². The molecule has 0 aliphatic carbocycles. The lowest BCUT2D eigenvalue weighted by molar-refractivity contribution is 0.265. The number of rotatable bonds is 5. The van der Waals surface area contributed by atoms with Crippen molar-refractivity contribution in [1.29, 1.82) is 0 Å². The minimum absolute atomic E-state index is 0.00807. The van der Waals surface area contributed by atoms with E-state index < -0.39 is 5.82 Å². The highest BCUT2D eigenvalue weighted by Gasteiger charge is 2.07. The van der Waals surface area contributed by atoms with Crippen LogP contribution in [0.25, 0.3) is 0 Å². The van der Waals surface area contributed by atoms with Gasteiger partial charge in [-0.15, -0.1) is 0 Å². The molecule has 15 heavy (non-hydrogen) atoms. The maximum Gasteiger partial charge on any atom is 0.224 e. The van der Waals surface area contributed by atoms with Crippen molar-refractivity contribution in [2.45, 2.75) is 13.3 Å². The fourth-order valence-corrected chi connectivity index (χ4v) is 1.20. The van der Waals surface area contributed by atoms with Crippen molar-refractivity contribution in [3.8, 4) is 0 Å². The zero-order valence-electron chi connectivity index (χ0n) is 8.37. The number of aliphatic hydroxyl groups excluding tert-OH is 1. The topological polar surface area (TPSA) is 58.0 Å². The number of hydrogen-bond acceptors (Lipinski definition) is 4. The van der Waals surface area contributed by atoms with Crippen molar-refractivity contribution < 1.29 is 9.50 Å². The maximum atomic E-state index is 13.1. The maximum absolute atomic E-state index is 13.1. The number of aliphatic hydroxyl groups is 1. The van der Waals surface area contributed by atoms with E-state index in [1.54, 1.807) is 0 Å². The molecule has 0 saturated carbocycles. The molecule has 2 N–H and O–H groups in total. The highest BCUT2D eigenvalue weighted by molar-refractivity contribution is 6.28. The Labute approximate surface area is 92.5 Å². The van der Waals surface area contributed by atoms with Gasteiger partial charge in [0.1, 0.15) is 0 Å². The Bertz CT molecular complexity index is 324. The average molecular weight is 234 g/mol. The van der Waals surface area contributed by atoms with Crippen molar-refractivity contribution in [2.24, 2.45) is 5.92 Å². The quantitative estimate of drug-likeness (QED) is 0.760. The number of aromatic nitrogens is 2. The van der Waals surface area contributed by atoms with Crippen LogP contribution < -0.4 is 5.32 Å². The second-order valence-electron chi connectivity index (χ2n) is 3.33. The molecule has 1 aromatic heterocycles. The van der Waals surface area contributed by atoms with E-state index in [2.05, 4.69) is 15.3 Å². The molecule has 1 unspecified atom stereocenters. The van der Waals surface area contributed by atoms with Crippen LogP contribution in [0.15, 0.2) is 6.20 Å². The van der Waals surface area contributed by atoms with Gasteiger partial charge in [0.15, 0.2) is 11.6 Å². The van der Waals surface area contributed by atoms with Gasteiger partial charge in [-0.3, -0.25) is 0 Å². The predicted molar refractivity (Wildman–Crippen MR) is 56.4 cm³/mol. The summed E-state index contributed by atoms with van der Waals surface area (Å²) in [6.45, 7) is 2.60. The Morgan fingerprint density at radius 3 is 3.07 bits per heavy atom. The zero-order chi connectivity index (χ0) is 11.3. The van der Waals surface area contributed by atoms with Crippen LogP contribution >= 0.6 is 11.6 Å². The fraction of sp³-hybridized carbons (Fsp3) is 0.556. The Morgan fingerprint density at radius 2 is 2.40 bits per heavy atom. The molecule has 6 heteroatoms. The Hall–Kier alpha value is -0.940. The molecule has 1 heterocycles.